The Labute approximate surface area is 232 Å². The largest absolute Gasteiger partial charge is 0.490 e. The highest BCUT2D eigenvalue weighted by Crippen LogP contribution is 2.45. The van der Waals surface area contributed by atoms with E-state index in [1.165, 1.54) is 0 Å². The van der Waals surface area contributed by atoms with Gasteiger partial charge in [0.1, 0.15) is 28.7 Å². The van der Waals surface area contributed by atoms with Gasteiger partial charge in [0.15, 0.2) is 11.5 Å². The Kier molecular flexibility index (Phi) is 7.65. The van der Waals surface area contributed by atoms with E-state index in [0.717, 1.165) is 23.8 Å². The van der Waals surface area contributed by atoms with Crippen LogP contribution in [0.1, 0.15) is 59.9 Å². The van der Waals surface area contributed by atoms with Crippen LogP contribution in [0.15, 0.2) is 76.5 Å². The molecule has 1 aliphatic rings. The number of hydrogen-bond acceptors (Lipinski definition) is 8. The number of benzene rings is 3. The lowest BCUT2D eigenvalue weighted by molar-refractivity contribution is 0.0702. The van der Waals surface area contributed by atoms with Gasteiger partial charge in [0, 0.05) is 22.6 Å². The number of carbonyl (C=O) groups is 1. The van der Waals surface area contributed by atoms with Crippen LogP contribution in [-0.2, 0) is 0 Å². The van der Waals surface area contributed by atoms with Crippen LogP contribution >= 0.6 is 0 Å². The minimum Gasteiger partial charge on any atom is -0.490 e. The Bertz CT molecular complexity index is 1650. The zero-order chi connectivity index (χ0) is 28.2. The molecule has 0 saturated heterocycles. The van der Waals surface area contributed by atoms with Crippen molar-refractivity contribution in [3.8, 4) is 29.1 Å². The normalized spacial score (nSPS) is 14.3. The first kappa shape index (κ1) is 26.7. The van der Waals surface area contributed by atoms with E-state index in [2.05, 4.69) is 13.0 Å². The number of furan rings is 1. The first-order valence-corrected chi connectivity index (χ1v) is 13.3. The molecule has 2 heterocycles. The predicted molar refractivity (Wildman–Crippen MR) is 150 cm³/mol. The van der Waals surface area contributed by atoms with E-state index in [4.69, 9.17) is 29.1 Å². The van der Waals surface area contributed by atoms with Crippen molar-refractivity contribution in [2.45, 2.75) is 39.5 Å². The van der Waals surface area contributed by atoms with Gasteiger partial charge in [-0.25, -0.2) is 4.79 Å². The molecule has 40 heavy (non-hydrogen) atoms. The molecular weight excluding hydrogens is 508 g/mol. The molecule has 1 aliphatic heterocycles. The zero-order valence-corrected chi connectivity index (χ0v) is 22.7. The van der Waals surface area contributed by atoms with Gasteiger partial charge in [-0.15, -0.1) is 0 Å². The quantitative estimate of drug-likeness (QED) is 0.141. The molecule has 8 nitrogen and oxygen atoms in total. The summed E-state index contributed by atoms with van der Waals surface area (Å²) >= 11 is 0. The Morgan fingerprint density at radius 1 is 1.05 bits per heavy atom. The molecule has 8 heteroatoms. The molecule has 2 N–H and O–H groups in total. The lowest BCUT2D eigenvalue weighted by Gasteiger charge is -2.27. The van der Waals surface area contributed by atoms with Crippen molar-refractivity contribution in [1.82, 2.24) is 0 Å². The van der Waals surface area contributed by atoms with E-state index in [1.54, 1.807) is 24.3 Å². The summed E-state index contributed by atoms with van der Waals surface area (Å²) in [6.45, 7) is 6.86. The molecule has 0 bridgehead atoms. The number of nitrogens with zero attached hydrogens (tertiary/aromatic N) is 1. The molecule has 3 aromatic carbocycles. The second kappa shape index (κ2) is 11.5. The number of ether oxygens (including phenoxy) is 4. The summed E-state index contributed by atoms with van der Waals surface area (Å²) in [5, 5.41) is 10.8. The molecule has 0 saturated carbocycles. The maximum atomic E-state index is 13.0. The number of esters is 1. The summed E-state index contributed by atoms with van der Waals surface area (Å²) in [5.74, 6) is 0.852. The Morgan fingerprint density at radius 2 is 1.88 bits per heavy atom. The standard InChI is InChI=1S/C32H30N2O6/c1-4-6-15-37-26-14-11-20(16-28(26)36-5-2)29-23-13-12-21(17-27(23)40-31(34)24(29)18-33)38-32(35)30-19(3)22-9-7-8-10-25(22)39-30/h7-14,16-17,29H,4-6,15,34H2,1-3H3. The molecule has 4 aromatic rings. The number of allylic oxidation sites excluding steroid dienone is 1. The van der Waals surface area contributed by atoms with Crippen molar-refractivity contribution in [2.75, 3.05) is 13.2 Å². The highest BCUT2D eigenvalue weighted by molar-refractivity contribution is 5.96. The van der Waals surface area contributed by atoms with Crippen LogP contribution in [0, 0.1) is 18.3 Å². The van der Waals surface area contributed by atoms with Crippen molar-refractivity contribution in [3.05, 3.63) is 94.6 Å². The number of carbonyl (C=O) groups excluding carboxylic acids is 1. The van der Waals surface area contributed by atoms with E-state index < -0.39 is 11.9 Å². The van der Waals surface area contributed by atoms with Gasteiger partial charge in [-0.3, -0.25) is 0 Å². The summed E-state index contributed by atoms with van der Waals surface area (Å²) in [7, 11) is 0. The molecule has 1 atom stereocenters. The predicted octanol–water partition coefficient (Wildman–Crippen LogP) is 6.76. The van der Waals surface area contributed by atoms with E-state index in [-0.39, 0.29) is 23.0 Å². The highest BCUT2D eigenvalue weighted by Gasteiger charge is 2.32. The number of nitriles is 1. The Balaban J connectivity index is 1.47. The van der Waals surface area contributed by atoms with E-state index >= 15 is 0 Å². The molecule has 1 aromatic heterocycles. The first-order valence-electron chi connectivity index (χ1n) is 13.3. The van der Waals surface area contributed by atoms with Crippen molar-refractivity contribution in [3.63, 3.8) is 0 Å². The average molecular weight is 539 g/mol. The van der Waals surface area contributed by atoms with Gasteiger partial charge in [0.2, 0.25) is 11.6 Å². The topological polar surface area (TPSA) is 117 Å². The van der Waals surface area contributed by atoms with Crippen LogP contribution in [-0.4, -0.2) is 19.2 Å². The fourth-order valence-electron chi connectivity index (χ4n) is 4.78. The fourth-order valence-corrected chi connectivity index (χ4v) is 4.78. The summed E-state index contributed by atoms with van der Waals surface area (Å²) in [6, 6.07) is 20.2. The maximum absolute atomic E-state index is 13.0. The molecule has 0 fully saturated rings. The third-order valence-electron chi connectivity index (χ3n) is 6.79. The molecule has 1 unspecified atom stereocenters. The third-order valence-corrected chi connectivity index (χ3v) is 6.79. The Morgan fingerprint density at radius 3 is 2.62 bits per heavy atom. The molecule has 0 amide bonds. The van der Waals surface area contributed by atoms with Gasteiger partial charge in [0.25, 0.3) is 0 Å². The van der Waals surface area contributed by atoms with Crippen LogP contribution in [0.2, 0.25) is 0 Å². The van der Waals surface area contributed by atoms with Crippen LogP contribution in [0.4, 0.5) is 0 Å². The lowest BCUT2D eigenvalue weighted by atomic mass is 9.83. The van der Waals surface area contributed by atoms with Crippen LogP contribution < -0.4 is 24.7 Å². The molecule has 0 spiro atoms. The van der Waals surface area contributed by atoms with Crippen molar-refractivity contribution < 1.29 is 28.2 Å². The van der Waals surface area contributed by atoms with Crippen molar-refractivity contribution >= 4 is 16.9 Å². The fraction of sp³-hybridized carbons (Fsp3) is 0.250. The first-order chi connectivity index (χ1) is 19.4. The number of unbranched alkanes of at least 4 members (excludes halogenated alkanes) is 1. The molecule has 0 aliphatic carbocycles. The lowest BCUT2D eigenvalue weighted by Crippen LogP contribution is -2.21. The summed E-state index contributed by atoms with van der Waals surface area (Å²) in [5.41, 5.74) is 9.28. The van der Waals surface area contributed by atoms with E-state index in [1.807, 2.05) is 50.2 Å². The molecule has 204 valence electrons. The SMILES string of the molecule is CCCCOc1ccc(C2C(C#N)=C(N)Oc3cc(OC(=O)c4oc5ccccc5c4C)ccc32)cc1OCC. The number of hydrogen-bond donors (Lipinski definition) is 1. The molecule has 0 radical (unpaired) electrons. The second-order valence-electron chi connectivity index (χ2n) is 9.41. The maximum Gasteiger partial charge on any atom is 0.379 e. The van der Waals surface area contributed by atoms with Crippen molar-refractivity contribution in [2.24, 2.45) is 5.73 Å². The van der Waals surface area contributed by atoms with E-state index in [0.29, 0.717) is 47.2 Å². The zero-order valence-electron chi connectivity index (χ0n) is 22.7. The number of fused-ring (bicyclic) bond motifs is 2. The van der Waals surface area contributed by atoms with Gasteiger partial charge in [-0.1, -0.05) is 43.7 Å². The van der Waals surface area contributed by atoms with Gasteiger partial charge < -0.3 is 29.1 Å². The molecule has 5 rings (SSSR count). The smallest absolute Gasteiger partial charge is 0.379 e. The monoisotopic (exact) mass is 538 g/mol. The summed E-state index contributed by atoms with van der Waals surface area (Å²) in [4.78, 5) is 13.0. The average Bonchev–Trinajstić information content (AvgIpc) is 3.30. The summed E-state index contributed by atoms with van der Waals surface area (Å²) in [6.07, 6.45) is 1.95. The number of rotatable bonds is 9. The van der Waals surface area contributed by atoms with Gasteiger partial charge in [-0.2, -0.15) is 5.26 Å². The van der Waals surface area contributed by atoms with Gasteiger partial charge in [0.05, 0.1) is 19.1 Å². The number of nitrogens with two attached hydrogens (primary N) is 1. The minimum atomic E-state index is -0.623. The summed E-state index contributed by atoms with van der Waals surface area (Å²) < 4.78 is 29.0. The third kappa shape index (κ3) is 5.06. The Hall–Kier alpha value is -4.90. The van der Waals surface area contributed by atoms with Crippen molar-refractivity contribution in [1.29, 1.82) is 5.26 Å². The minimum absolute atomic E-state index is 0.0159. The molecular formula is C32H30N2O6. The number of para-hydroxylation sites is 1. The second-order valence-corrected chi connectivity index (χ2v) is 9.41. The van der Waals surface area contributed by atoms with E-state index in [9.17, 15) is 10.1 Å². The van der Waals surface area contributed by atoms with Gasteiger partial charge in [-0.05, 0) is 50.1 Å². The number of aryl methyl sites for hydroxylation is 1. The van der Waals surface area contributed by atoms with Crippen LogP contribution in [0.3, 0.4) is 0 Å². The van der Waals surface area contributed by atoms with Gasteiger partial charge >= 0.3 is 5.97 Å². The highest BCUT2D eigenvalue weighted by atomic mass is 16.5. The van der Waals surface area contributed by atoms with Crippen LogP contribution in [0.25, 0.3) is 11.0 Å². The van der Waals surface area contributed by atoms with Crippen LogP contribution in [0.5, 0.6) is 23.0 Å².